The van der Waals surface area contributed by atoms with Gasteiger partial charge in [0, 0.05) is 30.8 Å². The van der Waals surface area contributed by atoms with Crippen molar-refractivity contribution in [3.63, 3.8) is 0 Å². The second-order valence-electron chi connectivity index (χ2n) is 6.30. The zero-order valence-corrected chi connectivity index (χ0v) is 17.0. The molecule has 0 bridgehead atoms. The molecule has 10 heteroatoms. The Morgan fingerprint density at radius 2 is 2.07 bits per heavy atom. The number of carbonyl (C=O) groups is 2. The van der Waals surface area contributed by atoms with E-state index in [9.17, 15) is 22.8 Å². The van der Waals surface area contributed by atoms with Gasteiger partial charge in [-0.15, -0.1) is 0 Å². The monoisotopic (exact) mass is 434 g/mol. The van der Waals surface area contributed by atoms with E-state index in [2.05, 4.69) is 0 Å². The van der Waals surface area contributed by atoms with Gasteiger partial charge in [-0.25, -0.2) is 0 Å². The lowest BCUT2D eigenvalue weighted by Gasteiger charge is -2.28. The normalized spacial score (nSPS) is 15.8. The molecule has 1 aliphatic rings. The van der Waals surface area contributed by atoms with E-state index in [1.165, 1.54) is 4.90 Å². The van der Waals surface area contributed by atoms with Gasteiger partial charge in [0.2, 0.25) is 10.3 Å². The Hall–Kier alpha value is -1.81. The first-order chi connectivity index (χ1) is 13.1. The molecule has 154 valence electrons. The maximum Gasteiger partial charge on any atom is 0.408 e. The van der Waals surface area contributed by atoms with Crippen LogP contribution in [0.1, 0.15) is 36.2 Å². The van der Waals surface area contributed by atoms with Gasteiger partial charge in [-0.3, -0.25) is 9.59 Å². The van der Waals surface area contributed by atoms with Crippen molar-refractivity contribution in [2.45, 2.75) is 44.3 Å². The molecule has 0 fully saturated rings. The van der Waals surface area contributed by atoms with Gasteiger partial charge in [-0.2, -0.15) is 13.2 Å². The Bertz CT molecular complexity index is 743. The van der Waals surface area contributed by atoms with Crippen molar-refractivity contribution in [2.75, 3.05) is 13.2 Å². The van der Waals surface area contributed by atoms with E-state index >= 15 is 0 Å². The van der Waals surface area contributed by atoms with Crippen molar-refractivity contribution in [1.29, 1.82) is 0 Å². The van der Waals surface area contributed by atoms with E-state index in [0.29, 0.717) is 18.7 Å². The average molecular weight is 435 g/mol. The maximum atomic E-state index is 13.4. The molecule has 2 unspecified atom stereocenters. The highest BCUT2D eigenvalue weighted by Crippen LogP contribution is 2.31. The highest BCUT2D eigenvalue weighted by atomic mass is 32.2. The van der Waals surface area contributed by atoms with Crippen LogP contribution in [-0.4, -0.2) is 51.7 Å². The Kier molecular flexibility index (Phi) is 7.70. The van der Waals surface area contributed by atoms with Crippen LogP contribution in [0.4, 0.5) is 13.2 Å². The van der Waals surface area contributed by atoms with E-state index in [1.807, 2.05) is 17.4 Å². The molecule has 1 aromatic carbocycles. The number of carbonyl (C=O) groups excluding carboxylic acids is 2. The van der Waals surface area contributed by atoms with Crippen molar-refractivity contribution in [2.24, 2.45) is 0 Å². The minimum Gasteiger partial charge on any atom is -0.479 e. The number of amides is 2. The number of ether oxygens (including phenoxy) is 1. The Morgan fingerprint density at radius 3 is 2.64 bits per heavy atom. The molecule has 5 nitrogen and oxygen atoms in total. The number of hydrogen-bond donors (Lipinski definition) is 1. The first kappa shape index (κ1) is 22.5. The smallest absolute Gasteiger partial charge is 0.408 e. The van der Waals surface area contributed by atoms with Crippen molar-refractivity contribution in [1.82, 2.24) is 10.2 Å². The van der Waals surface area contributed by atoms with Gasteiger partial charge in [0.1, 0.15) is 6.04 Å². The summed E-state index contributed by atoms with van der Waals surface area (Å²) >= 11 is 6.04. The van der Waals surface area contributed by atoms with Crippen LogP contribution in [0.3, 0.4) is 0 Å². The summed E-state index contributed by atoms with van der Waals surface area (Å²) in [6, 6.07) is 5.03. The highest BCUT2D eigenvalue weighted by molar-refractivity contribution is 8.23. The summed E-state index contributed by atoms with van der Waals surface area (Å²) in [7, 11) is 0. The number of hydrogen-bond acceptors (Lipinski definition) is 5. The summed E-state index contributed by atoms with van der Waals surface area (Å²) < 4.78 is 45.4. The number of fused-ring (bicyclic) bond motifs is 1. The van der Waals surface area contributed by atoms with Gasteiger partial charge in [-0.1, -0.05) is 30.0 Å². The molecule has 0 saturated heterocycles. The van der Waals surface area contributed by atoms with Gasteiger partial charge in [0.15, 0.2) is 0 Å². The van der Waals surface area contributed by atoms with Crippen molar-refractivity contribution < 1.29 is 27.5 Å². The number of benzene rings is 1. The molecule has 0 spiro atoms. The number of halogens is 3. The van der Waals surface area contributed by atoms with E-state index in [0.717, 1.165) is 24.2 Å². The zero-order valence-electron chi connectivity index (χ0n) is 15.4. The number of thiocarbonyl (C=S) groups is 1. The average Bonchev–Trinajstić information content (AvgIpc) is 2.89. The van der Waals surface area contributed by atoms with Crippen LogP contribution in [0.15, 0.2) is 24.3 Å². The number of nitrogens with one attached hydrogen (secondary N) is 1. The fourth-order valence-corrected chi connectivity index (χ4v) is 4.47. The lowest BCUT2D eigenvalue weighted by molar-refractivity contribution is -0.162. The molecule has 0 aromatic heterocycles. The molecule has 1 heterocycles. The topological polar surface area (TPSA) is 58.6 Å². The minimum absolute atomic E-state index is 0.0531. The molecule has 28 heavy (non-hydrogen) atoms. The second-order valence-corrected chi connectivity index (χ2v) is 8.20. The Morgan fingerprint density at radius 1 is 1.39 bits per heavy atom. The number of alkyl halides is 3. The standard InChI is InChI=1S/C18H21F3N2O3S2/c1-3-26-17(27)28-13(8-15(18(19,20)21)22-11(2)24)10-23-9-12-6-4-5-7-14(12)16(23)25/h4-7,13,15H,3,8-10H2,1-2H3,(H,22,24). The predicted octanol–water partition coefficient (Wildman–Crippen LogP) is 3.52. The summed E-state index contributed by atoms with van der Waals surface area (Å²) in [5.41, 5.74) is 1.38. The van der Waals surface area contributed by atoms with Crippen LogP contribution in [0.25, 0.3) is 0 Å². The Balaban J connectivity index is 2.16. The van der Waals surface area contributed by atoms with E-state index in [4.69, 9.17) is 17.0 Å². The molecule has 0 saturated carbocycles. The zero-order chi connectivity index (χ0) is 20.9. The number of rotatable bonds is 7. The van der Waals surface area contributed by atoms with Crippen LogP contribution in [-0.2, 0) is 16.1 Å². The van der Waals surface area contributed by atoms with Crippen LogP contribution < -0.4 is 5.32 Å². The van der Waals surface area contributed by atoms with Gasteiger partial charge in [-0.05, 0) is 37.2 Å². The lowest BCUT2D eigenvalue weighted by Crippen LogP contribution is -2.47. The predicted molar refractivity (Wildman–Crippen MR) is 105 cm³/mol. The number of nitrogens with zero attached hydrogens (tertiary/aromatic N) is 1. The van der Waals surface area contributed by atoms with Crippen molar-refractivity contribution >= 4 is 40.2 Å². The van der Waals surface area contributed by atoms with E-state index in [1.54, 1.807) is 19.1 Å². The summed E-state index contributed by atoms with van der Waals surface area (Å²) in [4.78, 5) is 25.3. The van der Waals surface area contributed by atoms with Crippen LogP contribution >= 0.6 is 24.0 Å². The fraction of sp³-hybridized carbons (Fsp3) is 0.500. The molecule has 2 amide bonds. The molecular weight excluding hydrogens is 413 g/mol. The number of thioether (sulfide) groups is 1. The van der Waals surface area contributed by atoms with Crippen LogP contribution in [0, 0.1) is 0 Å². The molecule has 0 aliphatic carbocycles. The molecule has 1 aliphatic heterocycles. The SMILES string of the molecule is CCOC(=S)SC(CC(NC(C)=O)C(F)(F)F)CN1Cc2ccccc2C1=O. The molecular formula is C18H21F3N2O3S2. The third-order valence-corrected chi connectivity index (χ3v) is 5.51. The maximum absolute atomic E-state index is 13.4. The summed E-state index contributed by atoms with van der Waals surface area (Å²) in [6.45, 7) is 3.42. The van der Waals surface area contributed by atoms with Crippen molar-refractivity contribution in [3.05, 3.63) is 35.4 Å². The lowest BCUT2D eigenvalue weighted by atomic mass is 10.1. The third-order valence-electron chi connectivity index (χ3n) is 4.12. The van der Waals surface area contributed by atoms with Gasteiger partial charge in [0.05, 0.1) is 6.61 Å². The summed E-state index contributed by atoms with van der Waals surface area (Å²) in [5.74, 6) is -1.00. The third kappa shape index (κ3) is 6.10. The van der Waals surface area contributed by atoms with Crippen LogP contribution in [0.5, 0.6) is 0 Å². The molecule has 1 aromatic rings. The van der Waals surface area contributed by atoms with Gasteiger partial charge >= 0.3 is 6.18 Å². The first-order valence-electron chi connectivity index (χ1n) is 8.66. The molecule has 0 radical (unpaired) electrons. The second kappa shape index (κ2) is 9.60. The first-order valence-corrected chi connectivity index (χ1v) is 9.95. The molecule has 1 N–H and O–H groups in total. The fourth-order valence-electron chi connectivity index (χ4n) is 2.94. The van der Waals surface area contributed by atoms with E-state index in [-0.39, 0.29) is 16.8 Å². The highest BCUT2D eigenvalue weighted by Gasteiger charge is 2.42. The summed E-state index contributed by atoms with van der Waals surface area (Å²) in [5, 5.41) is 1.25. The Labute approximate surface area is 171 Å². The van der Waals surface area contributed by atoms with Gasteiger partial charge < -0.3 is 15.0 Å². The largest absolute Gasteiger partial charge is 0.479 e. The van der Waals surface area contributed by atoms with Crippen molar-refractivity contribution in [3.8, 4) is 0 Å². The molecule has 2 atom stereocenters. The molecule has 2 rings (SSSR count). The van der Waals surface area contributed by atoms with E-state index < -0.39 is 29.8 Å². The van der Waals surface area contributed by atoms with Gasteiger partial charge in [0.25, 0.3) is 5.91 Å². The minimum atomic E-state index is -4.62. The quantitative estimate of drug-likeness (QED) is 0.666. The summed E-state index contributed by atoms with van der Waals surface area (Å²) in [6.07, 6.45) is -5.04. The van der Waals surface area contributed by atoms with Crippen LogP contribution in [0.2, 0.25) is 0 Å².